The van der Waals surface area contributed by atoms with Crippen molar-refractivity contribution in [3.8, 4) is 0 Å². The largest absolute Gasteiger partial charge is 0.310 e. The van der Waals surface area contributed by atoms with E-state index >= 15 is 0 Å². The van der Waals surface area contributed by atoms with E-state index < -0.39 is 0 Å². The van der Waals surface area contributed by atoms with Crippen LogP contribution in [-0.4, -0.2) is 6.54 Å². The average Bonchev–Trinajstić information content (AvgIpc) is 2.63. The van der Waals surface area contributed by atoms with Crippen LogP contribution >= 0.6 is 0 Å². The van der Waals surface area contributed by atoms with E-state index in [1.807, 2.05) is 0 Å². The highest BCUT2D eigenvalue weighted by Gasteiger charge is 2.22. The van der Waals surface area contributed by atoms with Crippen molar-refractivity contribution in [3.05, 3.63) is 34.9 Å². The quantitative estimate of drug-likeness (QED) is 0.812. The predicted molar refractivity (Wildman–Crippen MR) is 69.7 cm³/mol. The number of benzene rings is 1. The van der Waals surface area contributed by atoms with Crippen molar-refractivity contribution < 1.29 is 0 Å². The van der Waals surface area contributed by atoms with E-state index in [-0.39, 0.29) is 0 Å². The van der Waals surface area contributed by atoms with Crippen LogP contribution in [-0.2, 0) is 6.42 Å². The molecule has 1 N–H and O–H groups in total. The molecular formula is C15H23N. The molecule has 0 aliphatic heterocycles. The van der Waals surface area contributed by atoms with Crippen molar-refractivity contribution in [2.45, 2.75) is 46.1 Å². The van der Waals surface area contributed by atoms with Gasteiger partial charge in [-0.15, -0.1) is 0 Å². The molecule has 0 saturated heterocycles. The lowest BCUT2D eigenvalue weighted by molar-refractivity contribution is 0.476. The standard InChI is InChI=1S/C15H23N/c1-11(2)9-10-16-15-8-7-13-12(3)5-4-6-14(13)15/h4-6,11,15-16H,7-10H2,1-3H3. The van der Waals surface area contributed by atoms with Gasteiger partial charge in [0, 0.05) is 6.04 Å². The van der Waals surface area contributed by atoms with E-state index in [4.69, 9.17) is 0 Å². The van der Waals surface area contributed by atoms with E-state index in [1.165, 1.54) is 24.8 Å². The number of fused-ring (bicyclic) bond motifs is 1. The summed E-state index contributed by atoms with van der Waals surface area (Å²) in [5.74, 6) is 0.797. The van der Waals surface area contributed by atoms with Crippen LogP contribution < -0.4 is 5.32 Å². The highest BCUT2D eigenvalue weighted by atomic mass is 14.9. The number of rotatable bonds is 4. The first-order chi connectivity index (χ1) is 7.68. The summed E-state index contributed by atoms with van der Waals surface area (Å²) in [6.07, 6.45) is 3.80. The lowest BCUT2D eigenvalue weighted by atomic mass is 10.0. The zero-order valence-corrected chi connectivity index (χ0v) is 10.7. The van der Waals surface area contributed by atoms with Crippen molar-refractivity contribution in [2.24, 2.45) is 5.92 Å². The fraction of sp³-hybridized carbons (Fsp3) is 0.600. The predicted octanol–water partition coefficient (Wildman–Crippen LogP) is 3.62. The van der Waals surface area contributed by atoms with Crippen molar-refractivity contribution in [1.29, 1.82) is 0 Å². The molecule has 0 spiro atoms. The van der Waals surface area contributed by atoms with Gasteiger partial charge in [-0.3, -0.25) is 0 Å². The second-order valence-corrected chi connectivity index (χ2v) is 5.37. The summed E-state index contributed by atoms with van der Waals surface area (Å²) in [5, 5.41) is 3.70. The summed E-state index contributed by atoms with van der Waals surface area (Å²) in [5.41, 5.74) is 4.60. The highest BCUT2D eigenvalue weighted by molar-refractivity contribution is 5.40. The van der Waals surface area contributed by atoms with Crippen LogP contribution in [0.5, 0.6) is 0 Å². The third kappa shape index (κ3) is 2.46. The highest BCUT2D eigenvalue weighted by Crippen LogP contribution is 2.32. The van der Waals surface area contributed by atoms with Gasteiger partial charge in [-0.2, -0.15) is 0 Å². The summed E-state index contributed by atoms with van der Waals surface area (Å²) < 4.78 is 0. The average molecular weight is 217 g/mol. The summed E-state index contributed by atoms with van der Waals surface area (Å²) >= 11 is 0. The molecule has 88 valence electrons. The van der Waals surface area contributed by atoms with Gasteiger partial charge < -0.3 is 5.32 Å². The van der Waals surface area contributed by atoms with Gasteiger partial charge in [0.25, 0.3) is 0 Å². The van der Waals surface area contributed by atoms with Gasteiger partial charge >= 0.3 is 0 Å². The second-order valence-electron chi connectivity index (χ2n) is 5.37. The van der Waals surface area contributed by atoms with Crippen molar-refractivity contribution in [1.82, 2.24) is 5.32 Å². The molecule has 1 aromatic carbocycles. The van der Waals surface area contributed by atoms with Gasteiger partial charge in [-0.1, -0.05) is 32.0 Å². The third-order valence-electron chi connectivity index (χ3n) is 3.62. The Morgan fingerprint density at radius 1 is 1.38 bits per heavy atom. The second kappa shape index (κ2) is 5.01. The van der Waals surface area contributed by atoms with E-state index in [1.54, 1.807) is 11.1 Å². The topological polar surface area (TPSA) is 12.0 Å². The Kier molecular flexibility index (Phi) is 3.65. The fourth-order valence-electron chi connectivity index (χ4n) is 2.60. The van der Waals surface area contributed by atoms with Crippen LogP contribution in [0.1, 0.15) is 49.4 Å². The molecule has 0 radical (unpaired) electrons. The molecular weight excluding hydrogens is 194 g/mol. The lowest BCUT2D eigenvalue weighted by Gasteiger charge is -2.15. The zero-order chi connectivity index (χ0) is 11.5. The minimum atomic E-state index is 0.605. The van der Waals surface area contributed by atoms with Gasteiger partial charge in [-0.05, 0) is 55.3 Å². The number of nitrogens with one attached hydrogen (secondary N) is 1. The minimum Gasteiger partial charge on any atom is -0.310 e. The SMILES string of the molecule is Cc1cccc2c1CCC2NCCC(C)C. The molecule has 1 aliphatic rings. The maximum Gasteiger partial charge on any atom is 0.0326 e. The molecule has 1 atom stereocenters. The molecule has 2 rings (SSSR count). The first-order valence-corrected chi connectivity index (χ1v) is 6.50. The summed E-state index contributed by atoms with van der Waals surface area (Å²) in [4.78, 5) is 0. The Hall–Kier alpha value is -0.820. The van der Waals surface area contributed by atoms with E-state index in [0.29, 0.717) is 6.04 Å². The molecule has 0 bridgehead atoms. The third-order valence-corrected chi connectivity index (χ3v) is 3.62. The Bertz CT molecular complexity index is 354. The van der Waals surface area contributed by atoms with Crippen LogP contribution in [0, 0.1) is 12.8 Å². The molecule has 16 heavy (non-hydrogen) atoms. The van der Waals surface area contributed by atoms with Crippen LogP contribution in [0.3, 0.4) is 0 Å². The van der Waals surface area contributed by atoms with Crippen LogP contribution in [0.2, 0.25) is 0 Å². The van der Waals surface area contributed by atoms with Crippen LogP contribution in [0.4, 0.5) is 0 Å². The molecule has 1 aromatic rings. The van der Waals surface area contributed by atoms with E-state index in [0.717, 1.165) is 12.5 Å². The van der Waals surface area contributed by atoms with Gasteiger partial charge in [-0.25, -0.2) is 0 Å². The normalized spacial score (nSPS) is 19.1. The number of hydrogen-bond donors (Lipinski definition) is 1. The molecule has 1 nitrogen and oxygen atoms in total. The molecule has 0 heterocycles. The smallest absolute Gasteiger partial charge is 0.0326 e. The first-order valence-electron chi connectivity index (χ1n) is 6.50. The van der Waals surface area contributed by atoms with Crippen LogP contribution in [0.15, 0.2) is 18.2 Å². The van der Waals surface area contributed by atoms with Gasteiger partial charge in [0.1, 0.15) is 0 Å². The van der Waals surface area contributed by atoms with Crippen molar-refractivity contribution in [3.63, 3.8) is 0 Å². The first kappa shape index (κ1) is 11.7. The molecule has 1 unspecified atom stereocenters. The summed E-state index contributed by atoms with van der Waals surface area (Å²) in [6, 6.07) is 7.32. The Labute approximate surface area is 99.3 Å². The number of hydrogen-bond acceptors (Lipinski definition) is 1. The molecule has 0 amide bonds. The molecule has 1 aliphatic carbocycles. The monoisotopic (exact) mass is 217 g/mol. The number of aryl methyl sites for hydroxylation is 1. The molecule has 0 aromatic heterocycles. The lowest BCUT2D eigenvalue weighted by Crippen LogP contribution is -2.21. The van der Waals surface area contributed by atoms with E-state index in [2.05, 4.69) is 44.3 Å². The Balaban J connectivity index is 1.98. The molecule has 0 fully saturated rings. The zero-order valence-electron chi connectivity index (χ0n) is 10.7. The van der Waals surface area contributed by atoms with Gasteiger partial charge in [0.05, 0.1) is 0 Å². The maximum atomic E-state index is 3.70. The van der Waals surface area contributed by atoms with Crippen molar-refractivity contribution in [2.75, 3.05) is 6.54 Å². The fourth-order valence-corrected chi connectivity index (χ4v) is 2.60. The van der Waals surface area contributed by atoms with Crippen molar-refractivity contribution >= 4 is 0 Å². The van der Waals surface area contributed by atoms with Crippen LogP contribution in [0.25, 0.3) is 0 Å². The molecule has 1 heteroatoms. The molecule has 0 saturated carbocycles. The maximum absolute atomic E-state index is 3.70. The Morgan fingerprint density at radius 3 is 2.94 bits per heavy atom. The van der Waals surface area contributed by atoms with E-state index in [9.17, 15) is 0 Å². The van der Waals surface area contributed by atoms with Gasteiger partial charge in [0.2, 0.25) is 0 Å². The Morgan fingerprint density at radius 2 is 2.19 bits per heavy atom. The minimum absolute atomic E-state index is 0.605. The summed E-state index contributed by atoms with van der Waals surface area (Å²) in [6.45, 7) is 7.95. The van der Waals surface area contributed by atoms with Gasteiger partial charge in [0.15, 0.2) is 0 Å². The summed E-state index contributed by atoms with van der Waals surface area (Å²) in [7, 11) is 0.